The number of nitrogen functional groups attached to an aromatic ring is 1. The molecule has 1 aliphatic heterocycles. The number of nitrogens with two attached hydrogens (primary N) is 1. The van der Waals surface area contributed by atoms with E-state index in [4.69, 9.17) is 15.6 Å². The third kappa shape index (κ3) is 3.09. The molecule has 0 saturated carbocycles. The Morgan fingerprint density at radius 2 is 2.14 bits per heavy atom. The molecule has 6 heteroatoms. The second kappa shape index (κ2) is 6.03. The number of methoxy groups -OCH3 is 1. The van der Waals surface area contributed by atoms with E-state index in [9.17, 15) is 9.59 Å². The van der Waals surface area contributed by atoms with Gasteiger partial charge in [0, 0.05) is 24.3 Å². The van der Waals surface area contributed by atoms with Crippen molar-refractivity contribution >= 4 is 17.6 Å². The summed E-state index contributed by atoms with van der Waals surface area (Å²) in [6.45, 7) is 2.30. The summed E-state index contributed by atoms with van der Waals surface area (Å²) < 4.78 is 5.07. The van der Waals surface area contributed by atoms with Gasteiger partial charge in [0.2, 0.25) is 0 Å². The van der Waals surface area contributed by atoms with E-state index in [1.165, 1.54) is 7.11 Å². The van der Waals surface area contributed by atoms with Gasteiger partial charge in [-0.15, -0.1) is 0 Å². The van der Waals surface area contributed by atoms with E-state index >= 15 is 0 Å². The molecule has 0 bridgehead atoms. The molecule has 1 aliphatic rings. The number of carbonyl (C=O) groups is 2. The number of carbonyl (C=O) groups excluding carboxylic acids is 1. The Labute approximate surface area is 123 Å². The Kier molecular flexibility index (Phi) is 4.35. The largest absolute Gasteiger partial charge is 0.497 e. The molecule has 6 nitrogen and oxygen atoms in total. The maximum atomic E-state index is 12.6. The minimum atomic E-state index is -0.794. The molecule has 2 rings (SSSR count). The highest BCUT2D eigenvalue weighted by atomic mass is 16.5. The summed E-state index contributed by atoms with van der Waals surface area (Å²) in [6.07, 6.45) is 0.943. The predicted octanol–water partition coefficient (Wildman–Crippen LogP) is 1.60. The third-order valence-electron chi connectivity index (χ3n) is 3.98. The molecular formula is C15H20N2O4. The van der Waals surface area contributed by atoms with Crippen molar-refractivity contribution in [2.75, 3.05) is 19.4 Å². The summed E-state index contributed by atoms with van der Waals surface area (Å²) in [5.74, 6) is -0.733. The fourth-order valence-corrected chi connectivity index (χ4v) is 2.72. The molecule has 0 aromatic heterocycles. The van der Waals surface area contributed by atoms with E-state index < -0.39 is 5.97 Å². The summed E-state index contributed by atoms with van der Waals surface area (Å²) in [5.41, 5.74) is 6.70. The smallest absolute Gasteiger partial charge is 0.306 e. The van der Waals surface area contributed by atoms with Gasteiger partial charge in [-0.25, -0.2) is 0 Å². The van der Waals surface area contributed by atoms with Crippen molar-refractivity contribution in [2.45, 2.75) is 25.8 Å². The maximum absolute atomic E-state index is 12.6. The molecule has 3 N–H and O–H groups in total. The van der Waals surface area contributed by atoms with Crippen LogP contribution >= 0.6 is 0 Å². The highest BCUT2D eigenvalue weighted by Crippen LogP contribution is 2.27. The molecule has 2 unspecified atom stereocenters. The summed E-state index contributed by atoms with van der Waals surface area (Å²) in [6, 6.07) is 4.83. The number of carboxylic acid groups (broad SMARTS) is 1. The quantitative estimate of drug-likeness (QED) is 0.825. The number of benzene rings is 1. The Morgan fingerprint density at radius 1 is 1.43 bits per heavy atom. The van der Waals surface area contributed by atoms with Crippen LogP contribution in [0.1, 0.15) is 30.1 Å². The van der Waals surface area contributed by atoms with Crippen molar-refractivity contribution in [3.8, 4) is 5.75 Å². The van der Waals surface area contributed by atoms with Crippen LogP contribution in [0, 0.1) is 5.92 Å². The van der Waals surface area contributed by atoms with Gasteiger partial charge in [0.1, 0.15) is 5.75 Å². The lowest BCUT2D eigenvalue weighted by Crippen LogP contribution is -2.46. The van der Waals surface area contributed by atoms with E-state index in [0.717, 1.165) is 0 Å². The standard InChI is InChI=1S/C15H20N2O4/c1-9-7-10(15(19)20)5-6-17(9)14(18)12-4-3-11(21-2)8-13(12)16/h3-4,8-10H,5-7,16H2,1-2H3,(H,19,20). The number of aliphatic carboxylic acids is 1. The number of likely N-dealkylation sites (tertiary alicyclic amines) is 1. The molecule has 2 atom stereocenters. The number of piperidine rings is 1. The molecule has 114 valence electrons. The second-order valence-corrected chi connectivity index (χ2v) is 5.36. The van der Waals surface area contributed by atoms with Crippen LogP contribution in [-0.2, 0) is 4.79 Å². The van der Waals surface area contributed by atoms with E-state index in [0.29, 0.717) is 36.4 Å². The van der Waals surface area contributed by atoms with E-state index in [2.05, 4.69) is 0 Å². The van der Waals surface area contributed by atoms with Gasteiger partial charge in [-0.2, -0.15) is 0 Å². The van der Waals surface area contributed by atoms with E-state index in [1.54, 1.807) is 23.1 Å². The summed E-state index contributed by atoms with van der Waals surface area (Å²) in [7, 11) is 1.54. The number of amides is 1. The van der Waals surface area contributed by atoms with Crippen molar-refractivity contribution < 1.29 is 19.4 Å². The second-order valence-electron chi connectivity index (χ2n) is 5.36. The van der Waals surface area contributed by atoms with E-state index in [1.807, 2.05) is 6.92 Å². The lowest BCUT2D eigenvalue weighted by molar-refractivity contribution is -0.143. The number of carboxylic acids is 1. The minimum Gasteiger partial charge on any atom is -0.497 e. The molecule has 0 radical (unpaired) electrons. The van der Waals surface area contributed by atoms with Crippen molar-refractivity contribution in [1.29, 1.82) is 0 Å². The number of rotatable bonds is 3. The number of nitrogens with zero attached hydrogens (tertiary/aromatic N) is 1. The van der Waals surface area contributed by atoms with E-state index in [-0.39, 0.29) is 17.9 Å². The van der Waals surface area contributed by atoms with Crippen LogP contribution in [0.15, 0.2) is 18.2 Å². The molecule has 1 heterocycles. The van der Waals surface area contributed by atoms with Crippen LogP contribution in [0.4, 0.5) is 5.69 Å². The van der Waals surface area contributed by atoms with Gasteiger partial charge in [0.15, 0.2) is 0 Å². The van der Waals surface area contributed by atoms with Gasteiger partial charge in [0.05, 0.1) is 18.6 Å². The van der Waals surface area contributed by atoms with Gasteiger partial charge in [-0.3, -0.25) is 9.59 Å². The van der Waals surface area contributed by atoms with Gasteiger partial charge in [-0.1, -0.05) is 0 Å². The molecule has 1 aromatic carbocycles. The van der Waals surface area contributed by atoms with Gasteiger partial charge < -0.3 is 20.5 Å². The number of ether oxygens (including phenoxy) is 1. The third-order valence-corrected chi connectivity index (χ3v) is 3.98. The molecule has 1 saturated heterocycles. The van der Waals surface area contributed by atoms with Gasteiger partial charge >= 0.3 is 5.97 Å². The van der Waals surface area contributed by atoms with Crippen molar-refractivity contribution in [3.05, 3.63) is 23.8 Å². The summed E-state index contributed by atoms with van der Waals surface area (Å²) >= 11 is 0. The zero-order valence-electron chi connectivity index (χ0n) is 12.2. The molecule has 0 spiro atoms. The summed E-state index contributed by atoms with van der Waals surface area (Å²) in [5, 5.41) is 9.06. The van der Waals surface area contributed by atoms with Crippen molar-refractivity contribution in [2.24, 2.45) is 5.92 Å². The first-order chi connectivity index (χ1) is 9.93. The average molecular weight is 292 g/mol. The first-order valence-corrected chi connectivity index (χ1v) is 6.91. The Hall–Kier alpha value is -2.24. The van der Waals surface area contributed by atoms with Crippen LogP contribution in [0.25, 0.3) is 0 Å². The Bertz CT molecular complexity index is 559. The lowest BCUT2D eigenvalue weighted by Gasteiger charge is -2.36. The highest BCUT2D eigenvalue weighted by Gasteiger charge is 2.33. The summed E-state index contributed by atoms with van der Waals surface area (Å²) in [4.78, 5) is 25.3. The van der Waals surface area contributed by atoms with Crippen LogP contribution in [0.5, 0.6) is 5.75 Å². The maximum Gasteiger partial charge on any atom is 0.306 e. The SMILES string of the molecule is COc1ccc(C(=O)N2CCC(C(=O)O)CC2C)c(N)c1. The number of hydrogen-bond donors (Lipinski definition) is 2. The topological polar surface area (TPSA) is 92.9 Å². The molecular weight excluding hydrogens is 272 g/mol. The minimum absolute atomic E-state index is 0.117. The van der Waals surface area contributed by atoms with Gasteiger partial charge in [0.25, 0.3) is 5.91 Å². The molecule has 1 amide bonds. The zero-order valence-corrected chi connectivity index (χ0v) is 12.2. The van der Waals surface area contributed by atoms with Crippen LogP contribution in [0.3, 0.4) is 0 Å². The highest BCUT2D eigenvalue weighted by molar-refractivity contribution is 5.99. The monoisotopic (exact) mass is 292 g/mol. The van der Waals surface area contributed by atoms with Crippen LogP contribution in [0.2, 0.25) is 0 Å². The zero-order chi connectivity index (χ0) is 15.6. The Morgan fingerprint density at radius 3 is 2.67 bits per heavy atom. The molecule has 21 heavy (non-hydrogen) atoms. The fourth-order valence-electron chi connectivity index (χ4n) is 2.72. The van der Waals surface area contributed by atoms with Gasteiger partial charge in [-0.05, 0) is 31.9 Å². The van der Waals surface area contributed by atoms with Crippen molar-refractivity contribution in [1.82, 2.24) is 4.90 Å². The van der Waals surface area contributed by atoms with Crippen molar-refractivity contribution in [3.63, 3.8) is 0 Å². The predicted molar refractivity (Wildman–Crippen MR) is 78.3 cm³/mol. The first kappa shape index (κ1) is 15.2. The van der Waals surface area contributed by atoms with Crippen LogP contribution < -0.4 is 10.5 Å². The number of anilines is 1. The molecule has 1 fully saturated rings. The first-order valence-electron chi connectivity index (χ1n) is 6.91. The molecule has 0 aliphatic carbocycles. The molecule has 1 aromatic rings. The normalized spacial score (nSPS) is 21.9. The van der Waals surface area contributed by atoms with Crippen LogP contribution in [-0.4, -0.2) is 41.6 Å². The fraction of sp³-hybridized carbons (Fsp3) is 0.467. The average Bonchev–Trinajstić information content (AvgIpc) is 2.46. The lowest BCUT2D eigenvalue weighted by atomic mass is 9.91. The number of hydrogen-bond acceptors (Lipinski definition) is 4. The Balaban J connectivity index is 2.15.